The van der Waals surface area contributed by atoms with Gasteiger partial charge in [0.05, 0.1) is 12.6 Å². The lowest BCUT2D eigenvalue weighted by molar-refractivity contribution is -0.147. The third kappa shape index (κ3) is 1.54. The second-order valence-corrected chi connectivity index (χ2v) is 4.56. The summed E-state index contributed by atoms with van der Waals surface area (Å²) < 4.78 is 5.57. The fourth-order valence-corrected chi connectivity index (χ4v) is 2.56. The predicted molar refractivity (Wildman–Crippen MR) is 64.0 cm³/mol. The third-order valence-electron chi connectivity index (χ3n) is 3.51. The van der Waals surface area contributed by atoms with Crippen LogP contribution in [0.15, 0.2) is 24.3 Å². The van der Waals surface area contributed by atoms with E-state index in [9.17, 15) is 9.59 Å². The summed E-state index contributed by atoms with van der Waals surface area (Å²) in [5.74, 6) is 0.625. The molecule has 0 radical (unpaired) electrons. The summed E-state index contributed by atoms with van der Waals surface area (Å²) in [7, 11) is 0. The molecule has 2 amide bonds. The highest BCUT2D eigenvalue weighted by Gasteiger charge is 2.40. The normalized spacial score (nSPS) is 26.6. The molecule has 1 aromatic carbocycles. The monoisotopic (exact) mass is 246 g/mol. The van der Waals surface area contributed by atoms with Crippen LogP contribution in [0.25, 0.3) is 0 Å². The van der Waals surface area contributed by atoms with Crippen molar-refractivity contribution in [2.75, 3.05) is 13.2 Å². The van der Waals surface area contributed by atoms with Crippen molar-refractivity contribution >= 4 is 11.8 Å². The smallest absolute Gasteiger partial charge is 0.243 e. The molecule has 1 aromatic rings. The molecule has 0 spiro atoms. The van der Waals surface area contributed by atoms with Crippen LogP contribution in [0.3, 0.4) is 0 Å². The SMILES string of the molecule is CC1C(=O)NCC(=O)N1C1COc2ccccc21. The van der Waals surface area contributed by atoms with Gasteiger partial charge >= 0.3 is 0 Å². The van der Waals surface area contributed by atoms with Crippen LogP contribution in [0.5, 0.6) is 5.75 Å². The van der Waals surface area contributed by atoms with Gasteiger partial charge in [0.2, 0.25) is 11.8 Å². The second kappa shape index (κ2) is 4.01. The molecule has 5 nitrogen and oxygen atoms in total. The first-order valence-electron chi connectivity index (χ1n) is 5.99. The summed E-state index contributed by atoms with van der Waals surface area (Å²) in [6.07, 6.45) is 0. The number of carbonyl (C=O) groups is 2. The zero-order chi connectivity index (χ0) is 12.7. The minimum absolute atomic E-state index is 0.0626. The molecule has 2 aliphatic rings. The van der Waals surface area contributed by atoms with E-state index in [0.29, 0.717) is 6.61 Å². The van der Waals surface area contributed by atoms with Gasteiger partial charge in [0.25, 0.3) is 0 Å². The third-order valence-corrected chi connectivity index (χ3v) is 3.51. The Morgan fingerprint density at radius 1 is 1.33 bits per heavy atom. The standard InChI is InChI=1S/C13H14N2O3/c1-8-13(17)14-6-12(16)15(8)10-7-18-11-5-3-2-4-9(10)11/h2-5,8,10H,6-7H2,1H3,(H,14,17). The van der Waals surface area contributed by atoms with Gasteiger partial charge in [-0.15, -0.1) is 0 Å². The maximum Gasteiger partial charge on any atom is 0.243 e. The lowest BCUT2D eigenvalue weighted by Gasteiger charge is -2.36. The highest BCUT2D eigenvalue weighted by atomic mass is 16.5. The Morgan fingerprint density at radius 2 is 2.11 bits per heavy atom. The summed E-state index contributed by atoms with van der Waals surface area (Å²) >= 11 is 0. The zero-order valence-electron chi connectivity index (χ0n) is 10.1. The fourth-order valence-electron chi connectivity index (χ4n) is 2.56. The van der Waals surface area contributed by atoms with Crippen molar-refractivity contribution in [2.45, 2.75) is 19.0 Å². The van der Waals surface area contributed by atoms with E-state index >= 15 is 0 Å². The number of fused-ring (bicyclic) bond motifs is 1. The first kappa shape index (κ1) is 11.1. The van der Waals surface area contributed by atoms with E-state index in [2.05, 4.69) is 5.32 Å². The number of carbonyl (C=O) groups excluding carboxylic acids is 2. The Hall–Kier alpha value is -2.04. The van der Waals surface area contributed by atoms with Gasteiger partial charge in [-0.05, 0) is 13.0 Å². The number of hydrogen-bond donors (Lipinski definition) is 1. The highest BCUT2D eigenvalue weighted by Crippen LogP contribution is 2.37. The molecule has 1 saturated heterocycles. The van der Waals surface area contributed by atoms with E-state index in [-0.39, 0.29) is 24.4 Å². The molecular weight excluding hydrogens is 232 g/mol. The molecule has 2 unspecified atom stereocenters. The minimum atomic E-state index is -0.453. The lowest BCUT2D eigenvalue weighted by Crippen LogP contribution is -2.58. The Bertz CT molecular complexity index is 515. The number of ether oxygens (including phenoxy) is 1. The molecule has 1 fully saturated rings. The van der Waals surface area contributed by atoms with Crippen molar-refractivity contribution in [2.24, 2.45) is 0 Å². The van der Waals surface area contributed by atoms with Crippen molar-refractivity contribution < 1.29 is 14.3 Å². The molecule has 0 bridgehead atoms. The number of nitrogens with zero attached hydrogens (tertiary/aromatic N) is 1. The minimum Gasteiger partial charge on any atom is -0.491 e. The van der Waals surface area contributed by atoms with Crippen LogP contribution in [0.4, 0.5) is 0 Å². The molecule has 0 saturated carbocycles. The number of para-hydroxylation sites is 1. The van der Waals surface area contributed by atoms with Gasteiger partial charge in [-0.1, -0.05) is 18.2 Å². The predicted octanol–water partition coefficient (Wildman–Crippen LogP) is 0.467. The molecule has 1 N–H and O–H groups in total. The number of nitrogens with one attached hydrogen (secondary N) is 1. The number of amides is 2. The Morgan fingerprint density at radius 3 is 2.94 bits per heavy atom. The summed E-state index contributed by atoms with van der Waals surface area (Å²) in [6.45, 7) is 2.23. The average molecular weight is 246 g/mol. The van der Waals surface area contributed by atoms with E-state index in [4.69, 9.17) is 4.74 Å². The summed E-state index contributed by atoms with van der Waals surface area (Å²) in [6, 6.07) is 7.03. The fraction of sp³-hybridized carbons (Fsp3) is 0.385. The topological polar surface area (TPSA) is 58.6 Å². The molecular formula is C13H14N2O3. The Kier molecular flexibility index (Phi) is 2.47. The molecule has 18 heavy (non-hydrogen) atoms. The Labute approximate surface area is 105 Å². The van der Waals surface area contributed by atoms with Crippen molar-refractivity contribution in [3.8, 4) is 5.75 Å². The maximum atomic E-state index is 12.0. The van der Waals surface area contributed by atoms with Crippen LogP contribution in [-0.2, 0) is 9.59 Å². The van der Waals surface area contributed by atoms with Gasteiger partial charge in [0, 0.05) is 5.56 Å². The van der Waals surface area contributed by atoms with E-state index < -0.39 is 6.04 Å². The van der Waals surface area contributed by atoms with Crippen molar-refractivity contribution in [3.05, 3.63) is 29.8 Å². The lowest BCUT2D eigenvalue weighted by atomic mass is 10.0. The summed E-state index contributed by atoms with van der Waals surface area (Å²) in [4.78, 5) is 25.3. The molecule has 0 aliphatic carbocycles. The van der Waals surface area contributed by atoms with Gasteiger partial charge in [-0.2, -0.15) is 0 Å². The average Bonchev–Trinajstić information content (AvgIpc) is 2.79. The van der Waals surface area contributed by atoms with E-state index in [1.54, 1.807) is 11.8 Å². The van der Waals surface area contributed by atoms with E-state index in [1.807, 2.05) is 24.3 Å². The van der Waals surface area contributed by atoms with Crippen molar-refractivity contribution in [3.63, 3.8) is 0 Å². The van der Waals surface area contributed by atoms with Gasteiger partial charge in [0.1, 0.15) is 18.4 Å². The first-order chi connectivity index (χ1) is 8.68. The quantitative estimate of drug-likeness (QED) is 0.783. The highest BCUT2D eigenvalue weighted by molar-refractivity contribution is 5.94. The molecule has 2 atom stereocenters. The molecule has 2 heterocycles. The van der Waals surface area contributed by atoms with Crippen LogP contribution in [0.1, 0.15) is 18.5 Å². The molecule has 3 rings (SSSR count). The van der Waals surface area contributed by atoms with Gasteiger partial charge < -0.3 is 15.0 Å². The van der Waals surface area contributed by atoms with Crippen LogP contribution in [0.2, 0.25) is 0 Å². The van der Waals surface area contributed by atoms with Crippen LogP contribution >= 0.6 is 0 Å². The van der Waals surface area contributed by atoms with Crippen LogP contribution < -0.4 is 10.1 Å². The number of benzene rings is 1. The first-order valence-corrected chi connectivity index (χ1v) is 5.99. The van der Waals surface area contributed by atoms with E-state index in [1.165, 1.54) is 0 Å². The zero-order valence-corrected chi connectivity index (χ0v) is 10.1. The molecule has 0 aromatic heterocycles. The van der Waals surface area contributed by atoms with Crippen molar-refractivity contribution in [1.82, 2.24) is 10.2 Å². The summed E-state index contributed by atoms with van der Waals surface area (Å²) in [5.41, 5.74) is 0.979. The Balaban J connectivity index is 1.96. The second-order valence-electron chi connectivity index (χ2n) is 4.56. The van der Waals surface area contributed by atoms with Crippen LogP contribution in [-0.4, -0.2) is 35.9 Å². The summed E-state index contributed by atoms with van der Waals surface area (Å²) in [5, 5.41) is 2.59. The number of hydrogen-bond acceptors (Lipinski definition) is 3. The van der Waals surface area contributed by atoms with Crippen molar-refractivity contribution in [1.29, 1.82) is 0 Å². The van der Waals surface area contributed by atoms with Crippen LogP contribution in [0, 0.1) is 0 Å². The largest absolute Gasteiger partial charge is 0.491 e. The molecule has 2 aliphatic heterocycles. The van der Waals surface area contributed by atoms with Gasteiger partial charge in [-0.25, -0.2) is 0 Å². The van der Waals surface area contributed by atoms with Gasteiger partial charge in [0.15, 0.2) is 0 Å². The maximum absolute atomic E-state index is 12.0. The van der Waals surface area contributed by atoms with Gasteiger partial charge in [-0.3, -0.25) is 9.59 Å². The number of rotatable bonds is 1. The van der Waals surface area contributed by atoms with E-state index in [0.717, 1.165) is 11.3 Å². The number of piperazine rings is 1. The molecule has 5 heteroatoms. The molecule has 94 valence electrons.